The summed E-state index contributed by atoms with van der Waals surface area (Å²) in [7, 11) is 0. The van der Waals surface area contributed by atoms with Gasteiger partial charge in [-0.3, -0.25) is 4.79 Å². The van der Waals surface area contributed by atoms with Crippen molar-refractivity contribution in [3.05, 3.63) is 24.3 Å². The van der Waals surface area contributed by atoms with Crippen LogP contribution in [0, 0.1) is 0 Å². The molecular formula is C14H21NO4. The van der Waals surface area contributed by atoms with E-state index in [4.69, 9.17) is 14.6 Å². The maximum atomic E-state index is 11.5. The Bertz CT molecular complexity index is 374. The molecule has 0 aromatic heterocycles. The Labute approximate surface area is 113 Å². The summed E-state index contributed by atoms with van der Waals surface area (Å²) in [5.41, 5.74) is 0. The molecule has 106 valence electrons. The predicted octanol–water partition coefficient (Wildman–Crippen LogP) is 1.35. The van der Waals surface area contributed by atoms with Crippen LogP contribution in [0.4, 0.5) is 0 Å². The van der Waals surface area contributed by atoms with Crippen LogP contribution < -0.4 is 14.8 Å². The second-order valence-electron chi connectivity index (χ2n) is 4.05. The van der Waals surface area contributed by atoms with Gasteiger partial charge < -0.3 is 19.9 Å². The molecule has 2 N–H and O–H groups in total. The molecule has 0 fully saturated rings. The van der Waals surface area contributed by atoms with Crippen LogP contribution in [0.3, 0.4) is 0 Å². The van der Waals surface area contributed by atoms with Crippen LogP contribution in [0.15, 0.2) is 24.3 Å². The van der Waals surface area contributed by atoms with Crippen LogP contribution >= 0.6 is 0 Å². The fourth-order valence-corrected chi connectivity index (χ4v) is 1.49. The molecule has 0 aliphatic heterocycles. The minimum atomic E-state index is -0.241. The van der Waals surface area contributed by atoms with Gasteiger partial charge >= 0.3 is 0 Å². The first-order valence-corrected chi connectivity index (χ1v) is 6.45. The summed E-state index contributed by atoms with van der Waals surface area (Å²) in [4.78, 5) is 11.5. The number of hydrogen-bond acceptors (Lipinski definition) is 4. The lowest BCUT2D eigenvalue weighted by Gasteiger charge is -2.14. The molecule has 0 saturated heterocycles. The third kappa shape index (κ3) is 5.61. The van der Waals surface area contributed by atoms with Gasteiger partial charge in [0.25, 0.3) is 5.91 Å². The van der Waals surface area contributed by atoms with Crippen molar-refractivity contribution in [2.75, 3.05) is 19.8 Å². The largest absolute Gasteiger partial charge is 0.494 e. The normalized spacial score (nSPS) is 11.7. The molecule has 1 aromatic rings. The van der Waals surface area contributed by atoms with Gasteiger partial charge in [-0.1, -0.05) is 6.92 Å². The van der Waals surface area contributed by atoms with Gasteiger partial charge in [0, 0.05) is 0 Å². The fraction of sp³-hybridized carbons (Fsp3) is 0.500. The lowest BCUT2D eigenvalue weighted by molar-refractivity contribution is -0.124. The quantitative estimate of drug-likeness (QED) is 0.746. The van der Waals surface area contributed by atoms with E-state index in [1.807, 2.05) is 13.8 Å². The van der Waals surface area contributed by atoms with Gasteiger partial charge in [-0.25, -0.2) is 0 Å². The van der Waals surface area contributed by atoms with Crippen LogP contribution in [-0.4, -0.2) is 36.9 Å². The highest BCUT2D eigenvalue weighted by molar-refractivity contribution is 5.77. The van der Waals surface area contributed by atoms with Crippen molar-refractivity contribution in [2.24, 2.45) is 0 Å². The lowest BCUT2D eigenvalue weighted by Crippen LogP contribution is -2.39. The van der Waals surface area contributed by atoms with E-state index >= 15 is 0 Å². The number of ether oxygens (including phenoxy) is 2. The zero-order chi connectivity index (χ0) is 14.1. The van der Waals surface area contributed by atoms with E-state index in [0.717, 1.165) is 5.75 Å². The molecule has 0 saturated carbocycles. The van der Waals surface area contributed by atoms with Crippen molar-refractivity contribution in [3.63, 3.8) is 0 Å². The first kappa shape index (κ1) is 15.3. The maximum Gasteiger partial charge on any atom is 0.258 e. The number of nitrogens with one attached hydrogen (secondary N) is 1. The SMILES string of the molecule is CCOc1ccc(OCC(=O)N[C@@H](CC)CO)cc1. The number of aliphatic hydroxyl groups excluding tert-OH is 1. The first-order chi connectivity index (χ1) is 9.19. The summed E-state index contributed by atoms with van der Waals surface area (Å²) in [5, 5.41) is 11.7. The second-order valence-corrected chi connectivity index (χ2v) is 4.05. The van der Waals surface area contributed by atoms with Crippen LogP contribution in [0.2, 0.25) is 0 Å². The molecule has 19 heavy (non-hydrogen) atoms. The average Bonchev–Trinajstić information content (AvgIpc) is 2.44. The highest BCUT2D eigenvalue weighted by atomic mass is 16.5. The Morgan fingerprint density at radius 3 is 2.26 bits per heavy atom. The van der Waals surface area contributed by atoms with Gasteiger partial charge in [0.2, 0.25) is 0 Å². The second kappa shape index (κ2) is 8.37. The molecule has 0 unspecified atom stereocenters. The number of aliphatic hydroxyl groups is 1. The minimum Gasteiger partial charge on any atom is -0.494 e. The topological polar surface area (TPSA) is 67.8 Å². The van der Waals surface area contributed by atoms with Gasteiger partial charge in [0.1, 0.15) is 11.5 Å². The summed E-state index contributed by atoms with van der Waals surface area (Å²) >= 11 is 0. The summed E-state index contributed by atoms with van der Waals surface area (Å²) < 4.78 is 10.6. The zero-order valence-corrected chi connectivity index (χ0v) is 11.4. The van der Waals surface area contributed by atoms with Crippen molar-refractivity contribution in [1.29, 1.82) is 0 Å². The van der Waals surface area contributed by atoms with E-state index in [9.17, 15) is 4.79 Å². The van der Waals surface area contributed by atoms with E-state index in [1.54, 1.807) is 24.3 Å². The van der Waals surface area contributed by atoms with Crippen LogP contribution in [0.5, 0.6) is 11.5 Å². The van der Waals surface area contributed by atoms with Crippen molar-refractivity contribution in [3.8, 4) is 11.5 Å². The monoisotopic (exact) mass is 267 g/mol. The molecule has 5 nitrogen and oxygen atoms in total. The van der Waals surface area contributed by atoms with Crippen LogP contribution in [-0.2, 0) is 4.79 Å². The van der Waals surface area contributed by atoms with E-state index in [-0.39, 0.29) is 25.2 Å². The van der Waals surface area contributed by atoms with E-state index in [0.29, 0.717) is 18.8 Å². The van der Waals surface area contributed by atoms with Crippen molar-refractivity contribution in [1.82, 2.24) is 5.32 Å². The standard InChI is InChI=1S/C14H21NO4/c1-3-11(9-16)15-14(17)10-19-13-7-5-12(6-8-13)18-4-2/h5-8,11,16H,3-4,9-10H2,1-2H3,(H,15,17)/t11-/m0/s1. The summed E-state index contributed by atoms with van der Waals surface area (Å²) in [6, 6.07) is 6.87. The molecule has 1 aromatic carbocycles. The van der Waals surface area contributed by atoms with Crippen molar-refractivity contribution in [2.45, 2.75) is 26.3 Å². The van der Waals surface area contributed by atoms with Crippen LogP contribution in [0.25, 0.3) is 0 Å². The number of amides is 1. The Hall–Kier alpha value is -1.75. The fourth-order valence-electron chi connectivity index (χ4n) is 1.49. The average molecular weight is 267 g/mol. The maximum absolute atomic E-state index is 11.5. The highest BCUT2D eigenvalue weighted by Crippen LogP contribution is 2.17. The predicted molar refractivity (Wildman–Crippen MR) is 72.4 cm³/mol. The third-order valence-electron chi connectivity index (χ3n) is 2.58. The van der Waals surface area contributed by atoms with E-state index in [2.05, 4.69) is 5.32 Å². The number of carbonyl (C=O) groups excluding carboxylic acids is 1. The van der Waals surface area contributed by atoms with E-state index < -0.39 is 0 Å². The Morgan fingerprint density at radius 2 is 1.79 bits per heavy atom. The molecule has 0 heterocycles. The molecule has 0 aliphatic rings. The molecule has 0 bridgehead atoms. The molecule has 0 aliphatic carbocycles. The number of rotatable bonds is 8. The molecule has 1 rings (SSSR count). The Kier molecular flexibility index (Phi) is 6.74. The van der Waals surface area contributed by atoms with Gasteiger partial charge in [0.05, 0.1) is 19.3 Å². The van der Waals surface area contributed by atoms with Crippen molar-refractivity contribution < 1.29 is 19.4 Å². The highest BCUT2D eigenvalue weighted by Gasteiger charge is 2.09. The molecule has 0 spiro atoms. The Balaban J connectivity index is 2.37. The zero-order valence-electron chi connectivity index (χ0n) is 11.4. The summed E-state index contributed by atoms with van der Waals surface area (Å²) in [5.74, 6) is 1.14. The van der Waals surface area contributed by atoms with Crippen LogP contribution in [0.1, 0.15) is 20.3 Å². The third-order valence-corrected chi connectivity index (χ3v) is 2.58. The first-order valence-electron chi connectivity index (χ1n) is 6.45. The molecular weight excluding hydrogens is 246 g/mol. The number of hydrogen-bond donors (Lipinski definition) is 2. The summed E-state index contributed by atoms with van der Waals surface area (Å²) in [6.07, 6.45) is 0.686. The minimum absolute atomic E-state index is 0.0642. The van der Waals surface area contributed by atoms with Gasteiger partial charge in [-0.15, -0.1) is 0 Å². The van der Waals surface area contributed by atoms with Gasteiger partial charge in [-0.05, 0) is 37.6 Å². The van der Waals surface area contributed by atoms with Gasteiger partial charge in [0.15, 0.2) is 6.61 Å². The number of benzene rings is 1. The molecule has 1 amide bonds. The van der Waals surface area contributed by atoms with Gasteiger partial charge in [-0.2, -0.15) is 0 Å². The molecule has 1 atom stereocenters. The van der Waals surface area contributed by atoms with E-state index in [1.165, 1.54) is 0 Å². The summed E-state index contributed by atoms with van der Waals surface area (Å²) in [6.45, 7) is 4.30. The molecule has 5 heteroatoms. The number of carbonyl (C=O) groups is 1. The lowest BCUT2D eigenvalue weighted by atomic mass is 10.2. The molecule has 0 radical (unpaired) electrons. The van der Waals surface area contributed by atoms with Crippen molar-refractivity contribution >= 4 is 5.91 Å². The smallest absolute Gasteiger partial charge is 0.258 e. The Morgan fingerprint density at radius 1 is 1.21 bits per heavy atom.